The van der Waals surface area contributed by atoms with Crippen molar-refractivity contribution in [2.45, 2.75) is 24.9 Å². The summed E-state index contributed by atoms with van der Waals surface area (Å²) in [6.45, 7) is 0. The molecule has 0 saturated heterocycles. The maximum absolute atomic E-state index is 12.8. The van der Waals surface area contributed by atoms with Gasteiger partial charge in [0.25, 0.3) is 0 Å². The van der Waals surface area contributed by atoms with Crippen LogP contribution in [-0.2, 0) is 0 Å². The SMILES string of the molecule is O[C@H]1C[C@@H](c2cccc(Oc3ccc(F)cc3)c2)C1. The average molecular weight is 258 g/mol. The summed E-state index contributed by atoms with van der Waals surface area (Å²) < 4.78 is 18.5. The molecular formula is C16H15FO2. The van der Waals surface area contributed by atoms with Crippen molar-refractivity contribution >= 4 is 0 Å². The molecule has 0 aliphatic heterocycles. The summed E-state index contributed by atoms with van der Waals surface area (Å²) >= 11 is 0. The van der Waals surface area contributed by atoms with E-state index in [2.05, 4.69) is 0 Å². The molecule has 0 radical (unpaired) electrons. The topological polar surface area (TPSA) is 29.5 Å². The van der Waals surface area contributed by atoms with E-state index in [1.165, 1.54) is 17.7 Å². The van der Waals surface area contributed by atoms with E-state index in [-0.39, 0.29) is 11.9 Å². The fourth-order valence-electron chi connectivity index (χ4n) is 2.33. The number of rotatable bonds is 3. The van der Waals surface area contributed by atoms with Crippen LogP contribution in [0.4, 0.5) is 4.39 Å². The van der Waals surface area contributed by atoms with Crippen LogP contribution in [-0.4, -0.2) is 11.2 Å². The van der Waals surface area contributed by atoms with Crippen LogP contribution in [0.2, 0.25) is 0 Å². The van der Waals surface area contributed by atoms with E-state index < -0.39 is 0 Å². The Morgan fingerprint density at radius 1 is 1.00 bits per heavy atom. The smallest absolute Gasteiger partial charge is 0.127 e. The zero-order valence-corrected chi connectivity index (χ0v) is 10.4. The molecule has 0 atom stereocenters. The van der Waals surface area contributed by atoms with Gasteiger partial charge in [0, 0.05) is 0 Å². The zero-order valence-electron chi connectivity index (χ0n) is 10.4. The third-order valence-corrected chi connectivity index (χ3v) is 3.49. The molecule has 2 nitrogen and oxygen atoms in total. The van der Waals surface area contributed by atoms with Crippen LogP contribution in [0.15, 0.2) is 48.5 Å². The Morgan fingerprint density at radius 2 is 1.74 bits per heavy atom. The fourth-order valence-corrected chi connectivity index (χ4v) is 2.33. The standard InChI is InChI=1S/C16H15FO2/c17-13-4-6-15(7-5-13)19-16-3-1-2-11(10-16)12-8-14(18)9-12/h1-7,10,12,14,18H,8-9H2/t12-,14+. The van der Waals surface area contributed by atoms with Crippen molar-refractivity contribution in [2.24, 2.45) is 0 Å². The Hall–Kier alpha value is -1.87. The Morgan fingerprint density at radius 3 is 2.42 bits per heavy atom. The molecule has 1 aliphatic rings. The van der Waals surface area contributed by atoms with Crippen molar-refractivity contribution in [3.8, 4) is 11.5 Å². The third-order valence-electron chi connectivity index (χ3n) is 3.49. The molecule has 1 saturated carbocycles. The molecule has 0 amide bonds. The van der Waals surface area contributed by atoms with Gasteiger partial charge in [-0.25, -0.2) is 4.39 Å². The molecule has 3 rings (SSSR count). The molecule has 0 bridgehead atoms. The van der Waals surface area contributed by atoms with Gasteiger partial charge >= 0.3 is 0 Å². The average Bonchev–Trinajstić information content (AvgIpc) is 2.38. The van der Waals surface area contributed by atoms with E-state index in [1.807, 2.05) is 24.3 Å². The highest BCUT2D eigenvalue weighted by molar-refractivity contribution is 5.36. The maximum Gasteiger partial charge on any atom is 0.127 e. The van der Waals surface area contributed by atoms with Crippen molar-refractivity contribution in [3.63, 3.8) is 0 Å². The summed E-state index contributed by atoms with van der Waals surface area (Å²) in [5.74, 6) is 1.51. The lowest BCUT2D eigenvalue weighted by molar-refractivity contribution is 0.0746. The van der Waals surface area contributed by atoms with Gasteiger partial charge in [-0.3, -0.25) is 0 Å². The Bertz CT molecular complexity index is 559. The van der Waals surface area contributed by atoms with Crippen LogP contribution >= 0.6 is 0 Å². The number of benzene rings is 2. The van der Waals surface area contributed by atoms with Gasteiger partial charge in [-0.1, -0.05) is 12.1 Å². The minimum atomic E-state index is -0.274. The summed E-state index contributed by atoms with van der Waals surface area (Å²) in [4.78, 5) is 0. The van der Waals surface area contributed by atoms with E-state index in [4.69, 9.17) is 4.74 Å². The Kier molecular flexibility index (Phi) is 3.22. The van der Waals surface area contributed by atoms with Gasteiger partial charge in [0.1, 0.15) is 17.3 Å². The minimum Gasteiger partial charge on any atom is -0.457 e. The van der Waals surface area contributed by atoms with Crippen molar-refractivity contribution in [3.05, 3.63) is 59.9 Å². The summed E-state index contributed by atoms with van der Waals surface area (Å²) in [7, 11) is 0. The molecule has 1 fully saturated rings. The first kappa shape index (κ1) is 12.2. The number of hydrogen-bond acceptors (Lipinski definition) is 2. The van der Waals surface area contributed by atoms with E-state index in [1.54, 1.807) is 12.1 Å². The highest BCUT2D eigenvalue weighted by atomic mass is 19.1. The molecule has 98 valence electrons. The van der Waals surface area contributed by atoms with E-state index in [0.717, 1.165) is 18.6 Å². The predicted octanol–water partition coefficient (Wildman–Crippen LogP) is 3.86. The summed E-state index contributed by atoms with van der Waals surface area (Å²) in [6, 6.07) is 13.8. The lowest BCUT2D eigenvalue weighted by Gasteiger charge is -2.31. The molecule has 0 aromatic heterocycles. The van der Waals surface area contributed by atoms with Crippen LogP contribution in [0.1, 0.15) is 24.3 Å². The van der Waals surface area contributed by atoms with Crippen molar-refractivity contribution in [1.82, 2.24) is 0 Å². The molecule has 2 aromatic carbocycles. The number of hydrogen-bond donors (Lipinski definition) is 1. The molecule has 2 aromatic rings. The highest BCUT2D eigenvalue weighted by Crippen LogP contribution is 2.38. The number of aliphatic hydroxyl groups is 1. The maximum atomic E-state index is 12.8. The van der Waals surface area contributed by atoms with Crippen molar-refractivity contribution < 1.29 is 14.2 Å². The molecule has 0 unspecified atom stereocenters. The first-order chi connectivity index (χ1) is 9.20. The lowest BCUT2D eigenvalue weighted by atomic mass is 9.78. The third kappa shape index (κ3) is 2.76. The van der Waals surface area contributed by atoms with Crippen molar-refractivity contribution in [1.29, 1.82) is 0 Å². The van der Waals surface area contributed by atoms with E-state index in [0.29, 0.717) is 11.7 Å². The predicted molar refractivity (Wildman–Crippen MR) is 70.9 cm³/mol. The second-order valence-corrected chi connectivity index (χ2v) is 4.95. The molecule has 0 heterocycles. The van der Waals surface area contributed by atoms with Gasteiger partial charge in [0.05, 0.1) is 6.10 Å². The highest BCUT2D eigenvalue weighted by Gasteiger charge is 2.28. The Labute approximate surface area is 111 Å². The molecule has 1 N–H and O–H groups in total. The minimum absolute atomic E-state index is 0.160. The fraction of sp³-hybridized carbons (Fsp3) is 0.250. The van der Waals surface area contributed by atoms with Crippen molar-refractivity contribution in [2.75, 3.05) is 0 Å². The van der Waals surface area contributed by atoms with Crippen LogP contribution in [0.25, 0.3) is 0 Å². The van der Waals surface area contributed by atoms with Crippen LogP contribution < -0.4 is 4.74 Å². The summed E-state index contributed by atoms with van der Waals surface area (Å²) in [5.41, 5.74) is 1.19. The van der Waals surface area contributed by atoms with Gasteiger partial charge in [0.15, 0.2) is 0 Å². The number of ether oxygens (including phenoxy) is 1. The lowest BCUT2D eigenvalue weighted by Crippen LogP contribution is -2.26. The molecule has 3 heteroatoms. The van der Waals surface area contributed by atoms with Crippen LogP contribution in [0.5, 0.6) is 11.5 Å². The largest absolute Gasteiger partial charge is 0.457 e. The van der Waals surface area contributed by atoms with Gasteiger partial charge in [-0.2, -0.15) is 0 Å². The quantitative estimate of drug-likeness (QED) is 0.906. The first-order valence-corrected chi connectivity index (χ1v) is 6.42. The monoisotopic (exact) mass is 258 g/mol. The molecule has 19 heavy (non-hydrogen) atoms. The Balaban J connectivity index is 1.74. The molecular weight excluding hydrogens is 243 g/mol. The second-order valence-electron chi connectivity index (χ2n) is 4.95. The van der Waals surface area contributed by atoms with Gasteiger partial charge in [-0.05, 0) is 60.7 Å². The van der Waals surface area contributed by atoms with E-state index in [9.17, 15) is 9.50 Å². The number of aliphatic hydroxyl groups excluding tert-OH is 1. The second kappa shape index (κ2) is 5.02. The van der Waals surface area contributed by atoms with Gasteiger partial charge in [0.2, 0.25) is 0 Å². The summed E-state index contributed by atoms with van der Waals surface area (Å²) in [6.07, 6.45) is 1.48. The summed E-state index contributed by atoms with van der Waals surface area (Å²) in [5, 5.41) is 9.34. The molecule has 1 aliphatic carbocycles. The van der Waals surface area contributed by atoms with Crippen LogP contribution in [0, 0.1) is 5.82 Å². The van der Waals surface area contributed by atoms with Gasteiger partial charge < -0.3 is 9.84 Å². The normalized spacial score (nSPS) is 21.8. The zero-order chi connectivity index (χ0) is 13.2. The van der Waals surface area contributed by atoms with Gasteiger partial charge in [-0.15, -0.1) is 0 Å². The van der Waals surface area contributed by atoms with Crippen LogP contribution in [0.3, 0.4) is 0 Å². The first-order valence-electron chi connectivity index (χ1n) is 6.42. The number of halogens is 1. The molecule has 0 spiro atoms. The van der Waals surface area contributed by atoms with E-state index >= 15 is 0 Å².